The van der Waals surface area contributed by atoms with Crippen LogP contribution in [0.4, 0.5) is 0 Å². The molecular formula is C16H14ClN3O. The van der Waals surface area contributed by atoms with E-state index in [0.717, 1.165) is 22.2 Å². The number of nitrogens with one attached hydrogen (secondary N) is 2. The molecule has 0 unspecified atom stereocenters. The van der Waals surface area contributed by atoms with Crippen LogP contribution in [0.3, 0.4) is 0 Å². The summed E-state index contributed by atoms with van der Waals surface area (Å²) in [7, 11) is 0. The topological polar surface area (TPSA) is 57.8 Å². The van der Waals surface area contributed by atoms with Crippen LogP contribution in [0, 0.1) is 6.92 Å². The maximum absolute atomic E-state index is 12.3. The smallest absolute Gasteiger partial charge is 0.268 e. The molecule has 0 fully saturated rings. The summed E-state index contributed by atoms with van der Waals surface area (Å²) in [6, 6.07) is 11.2. The van der Waals surface area contributed by atoms with Gasteiger partial charge >= 0.3 is 0 Å². The molecule has 0 bridgehead atoms. The van der Waals surface area contributed by atoms with Gasteiger partial charge in [-0.25, -0.2) is 0 Å². The van der Waals surface area contributed by atoms with E-state index in [0.29, 0.717) is 17.3 Å². The molecule has 0 aliphatic rings. The lowest BCUT2D eigenvalue weighted by Crippen LogP contribution is -2.24. The van der Waals surface area contributed by atoms with Crippen LogP contribution >= 0.6 is 11.6 Å². The van der Waals surface area contributed by atoms with Gasteiger partial charge in [-0.1, -0.05) is 23.7 Å². The number of halogens is 1. The fourth-order valence-corrected chi connectivity index (χ4v) is 2.47. The largest absolute Gasteiger partial charge is 0.350 e. The number of carbonyl (C=O) groups is 1. The van der Waals surface area contributed by atoms with Gasteiger partial charge in [0.15, 0.2) is 0 Å². The average molecular weight is 300 g/mol. The lowest BCUT2D eigenvalue weighted by atomic mass is 10.1. The third-order valence-electron chi connectivity index (χ3n) is 3.40. The molecule has 0 radical (unpaired) electrons. The summed E-state index contributed by atoms with van der Waals surface area (Å²) < 4.78 is 0. The Hall–Kier alpha value is -2.33. The second-order valence-corrected chi connectivity index (χ2v) is 5.26. The molecule has 3 aromatic rings. The molecule has 0 atom stereocenters. The Morgan fingerprint density at radius 1 is 1.33 bits per heavy atom. The number of fused-ring (bicyclic) bond motifs is 1. The van der Waals surface area contributed by atoms with E-state index in [9.17, 15) is 4.79 Å². The fraction of sp³-hybridized carbons (Fsp3) is 0.125. The maximum Gasteiger partial charge on any atom is 0.268 e. The molecule has 21 heavy (non-hydrogen) atoms. The fourth-order valence-electron chi connectivity index (χ4n) is 2.30. The molecule has 1 aromatic carbocycles. The molecule has 2 aromatic heterocycles. The highest BCUT2D eigenvalue weighted by molar-refractivity contribution is 6.31. The molecule has 3 rings (SSSR count). The number of aryl methyl sites for hydroxylation is 1. The van der Waals surface area contributed by atoms with Crippen LogP contribution in [-0.4, -0.2) is 15.9 Å². The molecule has 2 heterocycles. The molecule has 4 nitrogen and oxygen atoms in total. The highest BCUT2D eigenvalue weighted by Gasteiger charge is 2.14. The Balaban J connectivity index is 1.83. The predicted octanol–water partition coefficient (Wildman–Crippen LogP) is 3.45. The number of rotatable bonds is 3. The molecule has 5 heteroatoms. The molecule has 106 valence electrons. The van der Waals surface area contributed by atoms with E-state index in [2.05, 4.69) is 15.3 Å². The van der Waals surface area contributed by atoms with E-state index in [4.69, 9.17) is 11.6 Å². The van der Waals surface area contributed by atoms with Gasteiger partial charge in [-0.15, -0.1) is 0 Å². The monoisotopic (exact) mass is 299 g/mol. The van der Waals surface area contributed by atoms with E-state index in [1.807, 2.05) is 43.3 Å². The first-order valence-electron chi connectivity index (χ1n) is 6.61. The van der Waals surface area contributed by atoms with Crippen molar-refractivity contribution in [3.05, 3.63) is 64.6 Å². The van der Waals surface area contributed by atoms with E-state index < -0.39 is 0 Å². The Bertz CT molecular complexity index is 796. The zero-order chi connectivity index (χ0) is 14.8. The van der Waals surface area contributed by atoms with Gasteiger partial charge in [0.25, 0.3) is 5.91 Å². The minimum Gasteiger partial charge on any atom is -0.350 e. The lowest BCUT2D eigenvalue weighted by molar-refractivity contribution is 0.0945. The van der Waals surface area contributed by atoms with Crippen LogP contribution in [0.1, 0.15) is 21.7 Å². The van der Waals surface area contributed by atoms with Crippen molar-refractivity contribution < 1.29 is 4.79 Å². The molecule has 0 spiro atoms. The molecule has 0 saturated heterocycles. The predicted molar refractivity (Wildman–Crippen MR) is 83.5 cm³/mol. The maximum atomic E-state index is 12.3. The van der Waals surface area contributed by atoms with Gasteiger partial charge in [-0.2, -0.15) is 0 Å². The second-order valence-electron chi connectivity index (χ2n) is 4.82. The van der Waals surface area contributed by atoms with Gasteiger partial charge in [-0.3, -0.25) is 9.78 Å². The number of nitrogens with zero attached hydrogens (tertiary/aromatic N) is 1. The molecular weight excluding hydrogens is 286 g/mol. The van der Waals surface area contributed by atoms with Crippen LogP contribution in [0.5, 0.6) is 0 Å². The van der Waals surface area contributed by atoms with Gasteiger partial charge in [0.1, 0.15) is 5.69 Å². The van der Waals surface area contributed by atoms with Gasteiger partial charge in [0, 0.05) is 22.1 Å². The average Bonchev–Trinajstić information content (AvgIpc) is 2.82. The van der Waals surface area contributed by atoms with Crippen LogP contribution in [0.2, 0.25) is 5.02 Å². The number of amides is 1. The van der Waals surface area contributed by atoms with E-state index in [-0.39, 0.29) is 5.91 Å². The summed E-state index contributed by atoms with van der Waals surface area (Å²) in [5.41, 5.74) is 3.16. The van der Waals surface area contributed by atoms with E-state index in [1.54, 1.807) is 6.20 Å². The van der Waals surface area contributed by atoms with Crippen LogP contribution < -0.4 is 5.32 Å². The molecule has 0 aliphatic carbocycles. The van der Waals surface area contributed by atoms with E-state index in [1.165, 1.54) is 0 Å². The van der Waals surface area contributed by atoms with Crippen LogP contribution in [0.15, 0.2) is 42.6 Å². The highest BCUT2D eigenvalue weighted by Crippen LogP contribution is 2.24. The number of aromatic nitrogens is 2. The number of pyridine rings is 1. The number of carbonyl (C=O) groups excluding carboxylic acids is 1. The molecule has 2 N–H and O–H groups in total. The summed E-state index contributed by atoms with van der Waals surface area (Å²) >= 11 is 5.97. The Kier molecular flexibility index (Phi) is 3.62. The number of H-pyrrole nitrogens is 1. The minimum absolute atomic E-state index is 0.148. The zero-order valence-corrected chi connectivity index (χ0v) is 12.2. The summed E-state index contributed by atoms with van der Waals surface area (Å²) in [6.07, 6.45) is 1.71. The first-order chi connectivity index (χ1) is 10.1. The number of aromatic amines is 1. The van der Waals surface area contributed by atoms with Crippen molar-refractivity contribution in [1.82, 2.24) is 15.3 Å². The number of hydrogen-bond acceptors (Lipinski definition) is 2. The van der Waals surface area contributed by atoms with Crippen molar-refractivity contribution in [3.63, 3.8) is 0 Å². The van der Waals surface area contributed by atoms with Gasteiger partial charge in [0.2, 0.25) is 0 Å². The standard InChI is InChI=1S/C16H14ClN3O/c1-10-13-6-5-11(17)8-14(13)20-15(10)16(21)19-9-12-4-2-3-7-18-12/h2-8,20H,9H2,1H3,(H,19,21). The first kappa shape index (κ1) is 13.6. The summed E-state index contributed by atoms with van der Waals surface area (Å²) in [5, 5.41) is 4.51. The Morgan fingerprint density at radius 3 is 2.95 bits per heavy atom. The third-order valence-corrected chi connectivity index (χ3v) is 3.64. The minimum atomic E-state index is -0.148. The van der Waals surface area contributed by atoms with Crippen LogP contribution in [-0.2, 0) is 6.54 Å². The number of hydrogen-bond donors (Lipinski definition) is 2. The van der Waals surface area contributed by atoms with E-state index >= 15 is 0 Å². The Morgan fingerprint density at radius 2 is 2.19 bits per heavy atom. The number of benzene rings is 1. The van der Waals surface area contributed by atoms with Crippen molar-refractivity contribution in [2.45, 2.75) is 13.5 Å². The van der Waals surface area contributed by atoms with Crippen molar-refractivity contribution in [2.24, 2.45) is 0 Å². The van der Waals surface area contributed by atoms with Gasteiger partial charge in [0.05, 0.1) is 12.2 Å². The Labute approximate surface area is 127 Å². The van der Waals surface area contributed by atoms with Gasteiger partial charge < -0.3 is 10.3 Å². The van der Waals surface area contributed by atoms with Crippen molar-refractivity contribution in [1.29, 1.82) is 0 Å². The summed E-state index contributed by atoms with van der Waals surface area (Å²) in [5.74, 6) is -0.148. The first-order valence-corrected chi connectivity index (χ1v) is 6.99. The second kappa shape index (κ2) is 5.58. The SMILES string of the molecule is Cc1c(C(=O)NCc2ccccn2)[nH]c2cc(Cl)ccc12. The molecule has 0 aliphatic heterocycles. The molecule has 1 amide bonds. The summed E-state index contributed by atoms with van der Waals surface area (Å²) in [6.45, 7) is 2.32. The van der Waals surface area contributed by atoms with Crippen molar-refractivity contribution in [3.8, 4) is 0 Å². The van der Waals surface area contributed by atoms with Crippen LogP contribution in [0.25, 0.3) is 10.9 Å². The molecule has 0 saturated carbocycles. The normalized spacial score (nSPS) is 10.8. The summed E-state index contributed by atoms with van der Waals surface area (Å²) in [4.78, 5) is 19.6. The van der Waals surface area contributed by atoms with Crippen molar-refractivity contribution >= 4 is 28.4 Å². The highest BCUT2D eigenvalue weighted by atomic mass is 35.5. The third kappa shape index (κ3) is 2.76. The van der Waals surface area contributed by atoms with Crippen molar-refractivity contribution in [2.75, 3.05) is 0 Å². The van der Waals surface area contributed by atoms with Gasteiger partial charge in [-0.05, 0) is 36.8 Å². The quantitative estimate of drug-likeness (QED) is 0.778. The zero-order valence-electron chi connectivity index (χ0n) is 11.5. The lowest BCUT2D eigenvalue weighted by Gasteiger charge is -2.04.